The fourth-order valence-corrected chi connectivity index (χ4v) is 2.41. The van der Waals surface area contributed by atoms with E-state index in [1.165, 1.54) is 4.68 Å². The molecule has 0 saturated heterocycles. The van der Waals surface area contributed by atoms with Crippen molar-refractivity contribution in [3.05, 3.63) is 40.3 Å². The van der Waals surface area contributed by atoms with Crippen LogP contribution in [0.3, 0.4) is 0 Å². The summed E-state index contributed by atoms with van der Waals surface area (Å²) in [5.41, 5.74) is 0.524. The molecule has 112 valence electrons. The van der Waals surface area contributed by atoms with Crippen molar-refractivity contribution in [3.63, 3.8) is 0 Å². The molecule has 5 nitrogen and oxygen atoms in total. The largest absolute Gasteiger partial charge is 0.352 e. The molecule has 21 heavy (non-hydrogen) atoms. The average molecular weight is 287 g/mol. The van der Waals surface area contributed by atoms with E-state index in [0.717, 1.165) is 23.9 Å². The maximum atomic E-state index is 12.4. The Bertz CT molecular complexity index is 702. The van der Waals surface area contributed by atoms with Gasteiger partial charge < -0.3 is 5.32 Å². The second kappa shape index (κ2) is 6.52. The molecule has 5 heteroatoms. The maximum absolute atomic E-state index is 12.4. The molecule has 0 bridgehead atoms. The van der Waals surface area contributed by atoms with Gasteiger partial charge in [0.15, 0.2) is 0 Å². The number of rotatable bonds is 5. The number of aryl methyl sites for hydroxylation is 1. The fraction of sp³-hybridized carbons (Fsp3) is 0.438. The van der Waals surface area contributed by atoms with E-state index in [2.05, 4.69) is 10.4 Å². The Morgan fingerprint density at radius 2 is 1.86 bits per heavy atom. The van der Waals surface area contributed by atoms with Crippen molar-refractivity contribution in [1.29, 1.82) is 0 Å². The first-order valence-electron chi connectivity index (χ1n) is 7.32. The van der Waals surface area contributed by atoms with Crippen LogP contribution in [0.15, 0.2) is 29.1 Å². The number of hydrogen-bond donors (Lipinski definition) is 1. The van der Waals surface area contributed by atoms with Gasteiger partial charge in [0.2, 0.25) is 5.91 Å². The van der Waals surface area contributed by atoms with Crippen molar-refractivity contribution in [1.82, 2.24) is 15.1 Å². The summed E-state index contributed by atoms with van der Waals surface area (Å²) >= 11 is 0. The van der Waals surface area contributed by atoms with Gasteiger partial charge >= 0.3 is 0 Å². The minimum atomic E-state index is -0.226. The zero-order valence-electron chi connectivity index (χ0n) is 12.7. The lowest BCUT2D eigenvalue weighted by Gasteiger charge is -2.15. The van der Waals surface area contributed by atoms with Crippen molar-refractivity contribution in [2.45, 2.75) is 46.2 Å². The molecule has 1 amide bonds. The highest BCUT2D eigenvalue weighted by atomic mass is 16.2. The van der Waals surface area contributed by atoms with E-state index in [1.807, 2.05) is 39.0 Å². The van der Waals surface area contributed by atoms with Gasteiger partial charge in [-0.3, -0.25) is 9.59 Å². The van der Waals surface area contributed by atoms with Crippen LogP contribution >= 0.6 is 0 Å². The SMILES string of the molecule is CCC(CC)NC(=O)Cn1nc(C)c2ccccc2c1=O. The molecule has 0 aliphatic rings. The molecule has 0 aliphatic heterocycles. The standard InChI is InChI=1S/C16H21N3O2/c1-4-12(5-2)17-15(20)10-19-16(21)14-9-7-6-8-13(14)11(3)18-19/h6-9,12H,4-5,10H2,1-3H3,(H,17,20). The highest BCUT2D eigenvalue weighted by Crippen LogP contribution is 2.11. The van der Waals surface area contributed by atoms with Crippen molar-refractivity contribution >= 4 is 16.7 Å². The molecule has 1 aromatic heterocycles. The van der Waals surface area contributed by atoms with Gasteiger partial charge in [0.05, 0.1) is 11.1 Å². The number of carbonyl (C=O) groups is 1. The number of amides is 1. The number of aromatic nitrogens is 2. The normalized spacial score (nSPS) is 11.0. The predicted octanol–water partition coefficient (Wildman–Crippen LogP) is 2.01. The minimum absolute atomic E-state index is 0.0407. The van der Waals surface area contributed by atoms with Crippen molar-refractivity contribution in [2.24, 2.45) is 0 Å². The summed E-state index contributed by atoms with van der Waals surface area (Å²) in [4.78, 5) is 24.4. The molecule has 0 spiro atoms. The zero-order valence-corrected chi connectivity index (χ0v) is 12.7. The second-order valence-corrected chi connectivity index (χ2v) is 5.17. The van der Waals surface area contributed by atoms with Crippen LogP contribution in [-0.4, -0.2) is 21.7 Å². The van der Waals surface area contributed by atoms with Gasteiger partial charge in [-0.2, -0.15) is 5.10 Å². The van der Waals surface area contributed by atoms with Gasteiger partial charge in [0.1, 0.15) is 6.54 Å². The topological polar surface area (TPSA) is 64.0 Å². The number of nitrogens with one attached hydrogen (secondary N) is 1. The Morgan fingerprint density at radius 3 is 2.48 bits per heavy atom. The van der Waals surface area contributed by atoms with Crippen LogP contribution in [0, 0.1) is 6.92 Å². The van der Waals surface area contributed by atoms with E-state index in [-0.39, 0.29) is 24.1 Å². The van der Waals surface area contributed by atoms with Crippen LogP contribution in [0.2, 0.25) is 0 Å². The summed E-state index contributed by atoms with van der Waals surface area (Å²) in [6.45, 7) is 5.86. The highest BCUT2D eigenvalue weighted by Gasteiger charge is 2.12. The lowest BCUT2D eigenvalue weighted by molar-refractivity contribution is -0.122. The molecule has 1 heterocycles. The number of carbonyl (C=O) groups excluding carboxylic acids is 1. The summed E-state index contributed by atoms with van der Waals surface area (Å²) in [6, 6.07) is 7.47. The smallest absolute Gasteiger partial charge is 0.275 e. The molecule has 0 saturated carbocycles. The third-order valence-corrected chi connectivity index (χ3v) is 3.70. The quantitative estimate of drug-likeness (QED) is 0.915. The first-order chi connectivity index (χ1) is 10.1. The zero-order chi connectivity index (χ0) is 15.4. The highest BCUT2D eigenvalue weighted by molar-refractivity contribution is 5.83. The van der Waals surface area contributed by atoms with Gasteiger partial charge in [0, 0.05) is 11.4 Å². The monoisotopic (exact) mass is 287 g/mol. The van der Waals surface area contributed by atoms with Crippen molar-refractivity contribution in [3.8, 4) is 0 Å². The average Bonchev–Trinajstić information content (AvgIpc) is 2.50. The van der Waals surface area contributed by atoms with Crippen LogP contribution in [-0.2, 0) is 11.3 Å². The molecule has 1 aromatic carbocycles. The van der Waals surface area contributed by atoms with Crippen LogP contribution in [0.4, 0.5) is 0 Å². The lowest BCUT2D eigenvalue weighted by atomic mass is 10.1. The number of fused-ring (bicyclic) bond motifs is 1. The van der Waals surface area contributed by atoms with Gasteiger partial charge in [-0.1, -0.05) is 32.0 Å². The van der Waals surface area contributed by atoms with E-state index < -0.39 is 0 Å². The molecule has 2 aromatic rings. The first-order valence-corrected chi connectivity index (χ1v) is 7.32. The van der Waals surface area contributed by atoms with Gasteiger partial charge in [-0.25, -0.2) is 4.68 Å². The van der Waals surface area contributed by atoms with Crippen molar-refractivity contribution < 1.29 is 4.79 Å². The molecule has 0 fully saturated rings. The molecule has 0 radical (unpaired) electrons. The third-order valence-electron chi connectivity index (χ3n) is 3.70. The molecular weight excluding hydrogens is 266 g/mol. The Balaban J connectivity index is 2.29. The van der Waals surface area contributed by atoms with Gasteiger partial charge in [-0.15, -0.1) is 0 Å². The van der Waals surface area contributed by atoms with E-state index in [4.69, 9.17) is 0 Å². The Labute approximate surface area is 124 Å². The van der Waals surface area contributed by atoms with Gasteiger partial charge in [0.25, 0.3) is 5.56 Å². The fourth-order valence-electron chi connectivity index (χ4n) is 2.41. The summed E-state index contributed by atoms with van der Waals surface area (Å²) in [7, 11) is 0. The summed E-state index contributed by atoms with van der Waals surface area (Å²) < 4.78 is 1.25. The molecule has 0 atom stereocenters. The van der Waals surface area contributed by atoms with Crippen molar-refractivity contribution in [2.75, 3.05) is 0 Å². The van der Waals surface area contributed by atoms with E-state index in [0.29, 0.717) is 5.39 Å². The first kappa shape index (κ1) is 15.2. The molecular formula is C16H21N3O2. The third kappa shape index (κ3) is 3.29. The second-order valence-electron chi connectivity index (χ2n) is 5.17. The Hall–Kier alpha value is -2.17. The summed E-state index contributed by atoms with van der Waals surface area (Å²) in [5, 5.41) is 8.59. The summed E-state index contributed by atoms with van der Waals surface area (Å²) in [6.07, 6.45) is 1.75. The lowest BCUT2D eigenvalue weighted by Crippen LogP contribution is -2.39. The number of benzene rings is 1. The molecule has 2 rings (SSSR count). The summed E-state index contributed by atoms with van der Waals surface area (Å²) in [5.74, 6) is -0.173. The number of nitrogens with zero attached hydrogens (tertiary/aromatic N) is 2. The van der Waals surface area contributed by atoms with Crippen LogP contribution in [0.5, 0.6) is 0 Å². The molecule has 0 unspecified atom stereocenters. The Morgan fingerprint density at radius 1 is 1.24 bits per heavy atom. The van der Waals surface area contributed by atoms with E-state index in [9.17, 15) is 9.59 Å². The van der Waals surface area contributed by atoms with Crippen LogP contribution in [0.25, 0.3) is 10.8 Å². The molecule has 1 N–H and O–H groups in total. The maximum Gasteiger partial charge on any atom is 0.275 e. The van der Waals surface area contributed by atoms with E-state index >= 15 is 0 Å². The number of hydrogen-bond acceptors (Lipinski definition) is 3. The predicted molar refractivity (Wildman–Crippen MR) is 83.3 cm³/mol. The molecule has 0 aliphatic carbocycles. The van der Waals surface area contributed by atoms with E-state index in [1.54, 1.807) is 6.07 Å². The van der Waals surface area contributed by atoms with Crippen LogP contribution < -0.4 is 10.9 Å². The van der Waals surface area contributed by atoms with Crippen LogP contribution in [0.1, 0.15) is 32.4 Å². The minimum Gasteiger partial charge on any atom is -0.352 e. The Kier molecular flexibility index (Phi) is 4.73. The van der Waals surface area contributed by atoms with Gasteiger partial charge in [-0.05, 0) is 25.8 Å².